The molecule has 1 saturated heterocycles. The molecule has 0 unspecified atom stereocenters. The van der Waals surface area contributed by atoms with Crippen molar-refractivity contribution in [3.63, 3.8) is 0 Å². The predicted octanol–water partition coefficient (Wildman–Crippen LogP) is 2.94. The lowest BCUT2D eigenvalue weighted by atomic mass is 9.63. The van der Waals surface area contributed by atoms with Gasteiger partial charge < -0.3 is 9.84 Å². The molecular formula is C20H19BrN2O4. The maximum absolute atomic E-state index is 12.9. The fourth-order valence-electron chi connectivity index (χ4n) is 5.11. The van der Waals surface area contributed by atoms with Crippen molar-refractivity contribution in [2.45, 2.75) is 13.3 Å². The second-order valence-electron chi connectivity index (χ2n) is 7.67. The summed E-state index contributed by atoms with van der Waals surface area (Å²) in [7, 11) is 0. The third-order valence-electron chi connectivity index (χ3n) is 6.31. The number of carbonyl (C=O) groups excluding carboxylic acids is 2. The van der Waals surface area contributed by atoms with Crippen molar-refractivity contribution >= 4 is 34.0 Å². The molecule has 1 heterocycles. The van der Waals surface area contributed by atoms with Gasteiger partial charge in [-0.2, -0.15) is 10.1 Å². The van der Waals surface area contributed by atoms with E-state index in [0.717, 1.165) is 11.4 Å². The van der Waals surface area contributed by atoms with Crippen LogP contribution in [0.1, 0.15) is 18.9 Å². The Hall–Kier alpha value is -2.15. The minimum atomic E-state index is -0.251. The number of phenolic OH excluding ortho intramolecular Hbond substituents is 1. The number of rotatable bonds is 4. The highest BCUT2D eigenvalue weighted by molar-refractivity contribution is 9.10. The predicted molar refractivity (Wildman–Crippen MR) is 101 cm³/mol. The van der Waals surface area contributed by atoms with Crippen LogP contribution < -0.4 is 4.74 Å². The van der Waals surface area contributed by atoms with Crippen LogP contribution in [0.15, 0.2) is 33.9 Å². The zero-order valence-corrected chi connectivity index (χ0v) is 16.3. The van der Waals surface area contributed by atoms with Crippen molar-refractivity contribution in [1.82, 2.24) is 5.01 Å². The van der Waals surface area contributed by atoms with Gasteiger partial charge in [0.25, 0.3) is 11.8 Å². The fourth-order valence-corrected chi connectivity index (χ4v) is 5.57. The van der Waals surface area contributed by atoms with Gasteiger partial charge in [0, 0.05) is 0 Å². The highest BCUT2D eigenvalue weighted by atomic mass is 79.9. The Kier molecular flexibility index (Phi) is 3.73. The molecule has 7 heteroatoms. The largest absolute Gasteiger partial charge is 0.503 e. The molecule has 1 aromatic rings. The van der Waals surface area contributed by atoms with Crippen LogP contribution in [0, 0.1) is 35.5 Å². The Bertz CT molecular complexity index is 875. The number of nitrogens with zero attached hydrogens (tertiary/aromatic N) is 2. The summed E-state index contributed by atoms with van der Waals surface area (Å²) in [6.07, 6.45) is 6.89. The van der Waals surface area contributed by atoms with E-state index in [1.165, 1.54) is 6.21 Å². The third-order valence-corrected chi connectivity index (χ3v) is 6.92. The van der Waals surface area contributed by atoms with E-state index in [4.69, 9.17) is 4.74 Å². The first kappa shape index (κ1) is 17.0. The van der Waals surface area contributed by atoms with Crippen molar-refractivity contribution in [2.24, 2.45) is 40.6 Å². The Morgan fingerprint density at radius 3 is 2.44 bits per heavy atom. The van der Waals surface area contributed by atoms with Crippen LogP contribution in [0.3, 0.4) is 0 Å². The molecule has 1 aliphatic heterocycles. The number of hydrazone groups is 1. The molecule has 140 valence electrons. The standard InChI is InChI=1S/C20H19BrN2O4/c1-2-27-15-6-9(5-14(21)18(15)24)8-22-23-19(25)16-10-3-4-11(13-7-12(10)13)17(16)20(23)26/h3-6,8,10-13,16-17,24H,2,7H2,1H3/b22-8-/t10-,11-,12-,13+,16+,17+/m0/s1. The summed E-state index contributed by atoms with van der Waals surface area (Å²) in [6.45, 7) is 2.23. The van der Waals surface area contributed by atoms with Gasteiger partial charge in [-0.1, -0.05) is 12.2 Å². The number of carbonyl (C=O) groups is 2. The van der Waals surface area contributed by atoms with Crippen molar-refractivity contribution in [3.05, 3.63) is 34.3 Å². The molecule has 27 heavy (non-hydrogen) atoms. The number of hydrogen-bond donors (Lipinski definition) is 1. The average molecular weight is 431 g/mol. The van der Waals surface area contributed by atoms with E-state index >= 15 is 0 Å². The van der Waals surface area contributed by atoms with E-state index in [1.54, 1.807) is 12.1 Å². The van der Waals surface area contributed by atoms with Gasteiger partial charge in [-0.05, 0) is 70.6 Å². The Labute approximate surface area is 165 Å². The molecule has 2 saturated carbocycles. The molecule has 6 atom stereocenters. The van der Waals surface area contributed by atoms with Gasteiger partial charge in [0.15, 0.2) is 11.5 Å². The van der Waals surface area contributed by atoms with Gasteiger partial charge in [-0.25, -0.2) is 0 Å². The number of amides is 2. The van der Waals surface area contributed by atoms with Crippen molar-refractivity contribution in [3.8, 4) is 11.5 Å². The molecule has 1 N–H and O–H groups in total. The molecule has 0 aromatic heterocycles. The second kappa shape index (κ2) is 5.92. The van der Waals surface area contributed by atoms with Crippen LogP contribution >= 0.6 is 15.9 Å². The summed E-state index contributed by atoms with van der Waals surface area (Å²) < 4.78 is 5.87. The summed E-state index contributed by atoms with van der Waals surface area (Å²) >= 11 is 3.28. The molecule has 2 amide bonds. The molecule has 5 aliphatic rings. The maximum atomic E-state index is 12.9. The summed E-state index contributed by atoms with van der Waals surface area (Å²) in [5, 5.41) is 15.3. The van der Waals surface area contributed by atoms with Gasteiger partial charge in [-0.15, -0.1) is 0 Å². The smallest absolute Gasteiger partial charge is 0.254 e. The molecule has 0 radical (unpaired) electrons. The highest BCUT2D eigenvalue weighted by Crippen LogP contribution is 2.65. The lowest BCUT2D eigenvalue weighted by molar-refractivity contribution is -0.140. The van der Waals surface area contributed by atoms with Gasteiger partial charge in [-0.3, -0.25) is 9.59 Å². The van der Waals surface area contributed by atoms with Crippen LogP contribution in [0.25, 0.3) is 0 Å². The minimum absolute atomic E-state index is 0.00946. The average Bonchev–Trinajstić information content (AvgIpc) is 3.43. The SMILES string of the molecule is CCOc1cc(/C=N\N2C(=O)[C@@H]3[C@H]4C=C[C@@H]([C@@H]5C[C@H]45)[C@H]3C2=O)cc(Br)c1O. The molecule has 3 fully saturated rings. The third kappa shape index (κ3) is 2.40. The molecule has 6 rings (SSSR count). The topological polar surface area (TPSA) is 79.2 Å². The normalized spacial score (nSPS) is 35.7. The van der Waals surface area contributed by atoms with E-state index in [0.29, 0.717) is 34.2 Å². The second-order valence-corrected chi connectivity index (χ2v) is 8.52. The number of allylic oxidation sites excluding steroid dienone is 2. The quantitative estimate of drug-likeness (QED) is 0.452. The fraction of sp³-hybridized carbons (Fsp3) is 0.450. The van der Waals surface area contributed by atoms with Gasteiger partial charge >= 0.3 is 0 Å². The van der Waals surface area contributed by atoms with Crippen molar-refractivity contribution < 1.29 is 19.4 Å². The lowest BCUT2D eigenvalue weighted by Gasteiger charge is -2.37. The highest BCUT2D eigenvalue weighted by Gasteiger charge is 2.67. The monoisotopic (exact) mass is 430 g/mol. The van der Waals surface area contributed by atoms with Crippen LogP contribution in [0.2, 0.25) is 0 Å². The van der Waals surface area contributed by atoms with E-state index < -0.39 is 0 Å². The lowest BCUT2D eigenvalue weighted by Crippen LogP contribution is -2.40. The van der Waals surface area contributed by atoms with Gasteiger partial charge in [0.1, 0.15) is 0 Å². The van der Waals surface area contributed by atoms with E-state index in [-0.39, 0.29) is 41.2 Å². The molecule has 1 aromatic carbocycles. The van der Waals surface area contributed by atoms with Crippen molar-refractivity contribution in [2.75, 3.05) is 6.61 Å². The number of aromatic hydroxyl groups is 1. The number of phenols is 1. The van der Waals surface area contributed by atoms with Crippen molar-refractivity contribution in [1.29, 1.82) is 0 Å². The van der Waals surface area contributed by atoms with Crippen LogP contribution in [0.4, 0.5) is 0 Å². The summed E-state index contributed by atoms with van der Waals surface area (Å²) in [5.74, 6) is 0.981. The Balaban J connectivity index is 1.42. The summed E-state index contributed by atoms with van der Waals surface area (Å²) in [5.41, 5.74) is 0.627. The Morgan fingerprint density at radius 1 is 1.22 bits per heavy atom. The minimum Gasteiger partial charge on any atom is -0.503 e. The van der Waals surface area contributed by atoms with E-state index in [1.807, 2.05) is 6.92 Å². The Morgan fingerprint density at radius 2 is 1.85 bits per heavy atom. The van der Waals surface area contributed by atoms with E-state index in [2.05, 4.69) is 33.2 Å². The number of halogens is 1. The molecule has 2 bridgehead atoms. The molecule has 6 nitrogen and oxygen atoms in total. The molecule has 0 spiro atoms. The van der Waals surface area contributed by atoms with Gasteiger partial charge in [0.05, 0.1) is 29.1 Å². The molecular weight excluding hydrogens is 412 g/mol. The molecule has 4 aliphatic carbocycles. The number of hydrogen-bond acceptors (Lipinski definition) is 5. The first-order valence-electron chi connectivity index (χ1n) is 9.26. The number of imide groups is 1. The summed E-state index contributed by atoms with van der Waals surface area (Å²) in [6, 6.07) is 3.30. The van der Waals surface area contributed by atoms with Gasteiger partial charge in [0.2, 0.25) is 0 Å². The van der Waals surface area contributed by atoms with E-state index in [9.17, 15) is 14.7 Å². The van der Waals surface area contributed by atoms with Crippen LogP contribution in [-0.2, 0) is 9.59 Å². The van der Waals surface area contributed by atoms with Crippen LogP contribution in [0.5, 0.6) is 11.5 Å². The summed E-state index contributed by atoms with van der Waals surface area (Å²) in [4.78, 5) is 25.8. The zero-order valence-electron chi connectivity index (χ0n) is 14.7. The number of benzene rings is 1. The first-order valence-corrected chi connectivity index (χ1v) is 10.1. The maximum Gasteiger partial charge on any atom is 0.254 e. The zero-order chi connectivity index (χ0) is 18.9. The first-order chi connectivity index (χ1) is 13.0. The number of ether oxygens (including phenoxy) is 1. The van der Waals surface area contributed by atoms with Crippen LogP contribution in [-0.4, -0.2) is 34.8 Å².